The molecule has 0 spiro atoms. The number of hydrogen-bond acceptors (Lipinski definition) is 2. The second-order valence-corrected chi connectivity index (χ2v) is 5.35. The molecule has 0 radical (unpaired) electrons. The maximum absolute atomic E-state index is 12.9. The standard InChI is InChI=1S/C14H18ClF3N2.2ClH/c1-2-13(20-7-5-19-6-8-20)10-3-4-12(15)11(9-10)14(16,17)18;;/h3-4,9,13,19H,2,5-8H2,1H3;2*1H/t13-;;/m0../s1. The molecular formula is C14H20Cl3F3N2. The molecule has 0 saturated carbocycles. The molecule has 0 bridgehead atoms. The molecule has 1 fully saturated rings. The van der Waals surface area contributed by atoms with Gasteiger partial charge in [0.15, 0.2) is 0 Å². The van der Waals surface area contributed by atoms with E-state index in [4.69, 9.17) is 11.6 Å². The molecular weight excluding hydrogens is 360 g/mol. The zero-order valence-corrected chi connectivity index (χ0v) is 14.5. The second kappa shape index (κ2) is 9.18. The molecule has 0 unspecified atom stereocenters. The van der Waals surface area contributed by atoms with E-state index < -0.39 is 11.7 Å². The van der Waals surface area contributed by atoms with Crippen LogP contribution in [-0.2, 0) is 6.18 Å². The van der Waals surface area contributed by atoms with Gasteiger partial charge in [0.05, 0.1) is 10.6 Å². The lowest BCUT2D eigenvalue weighted by molar-refractivity contribution is -0.137. The number of nitrogens with one attached hydrogen (secondary N) is 1. The summed E-state index contributed by atoms with van der Waals surface area (Å²) in [7, 11) is 0. The predicted molar refractivity (Wildman–Crippen MR) is 88.4 cm³/mol. The van der Waals surface area contributed by atoms with Crippen molar-refractivity contribution in [2.45, 2.75) is 25.6 Å². The average Bonchev–Trinajstić information content (AvgIpc) is 2.41. The van der Waals surface area contributed by atoms with Crippen molar-refractivity contribution in [3.8, 4) is 0 Å². The van der Waals surface area contributed by atoms with E-state index in [9.17, 15) is 13.2 Å². The smallest absolute Gasteiger partial charge is 0.314 e. The largest absolute Gasteiger partial charge is 0.417 e. The number of halogens is 6. The zero-order chi connectivity index (χ0) is 14.8. The Morgan fingerprint density at radius 1 is 1.23 bits per heavy atom. The highest BCUT2D eigenvalue weighted by Crippen LogP contribution is 2.37. The summed E-state index contributed by atoms with van der Waals surface area (Å²) < 4.78 is 38.8. The summed E-state index contributed by atoms with van der Waals surface area (Å²) >= 11 is 5.67. The predicted octanol–water partition coefficient (Wildman–Crippen LogP) is 4.56. The van der Waals surface area contributed by atoms with Gasteiger partial charge in [-0.25, -0.2) is 0 Å². The van der Waals surface area contributed by atoms with Crippen LogP contribution in [0.15, 0.2) is 18.2 Å². The van der Waals surface area contributed by atoms with E-state index in [1.807, 2.05) is 6.92 Å². The van der Waals surface area contributed by atoms with Crippen molar-refractivity contribution in [3.05, 3.63) is 34.3 Å². The summed E-state index contributed by atoms with van der Waals surface area (Å²) in [6.07, 6.45) is -3.63. The molecule has 1 saturated heterocycles. The molecule has 1 aromatic carbocycles. The maximum Gasteiger partial charge on any atom is 0.417 e. The first-order chi connectivity index (χ1) is 9.43. The molecule has 2 nitrogen and oxygen atoms in total. The monoisotopic (exact) mass is 378 g/mol. The maximum atomic E-state index is 12.9. The van der Waals surface area contributed by atoms with E-state index in [-0.39, 0.29) is 35.9 Å². The molecule has 128 valence electrons. The Balaban J connectivity index is 0.00000220. The van der Waals surface area contributed by atoms with Crippen LogP contribution in [0.4, 0.5) is 13.2 Å². The molecule has 22 heavy (non-hydrogen) atoms. The summed E-state index contributed by atoms with van der Waals surface area (Å²) in [4.78, 5) is 2.22. The highest BCUT2D eigenvalue weighted by molar-refractivity contribution is 6.31. The van der Waals surface area contributed by atoms with Crippen molar-refractivity contribution in [2.75, 3.05) is 26.2 Å². The fraction of sp³-hybridized carbons (Fsp3) is 0.571. The number of rotatable bonds is 3. The molecule has 1 aromatic rings. The van der Waals surface area contributed by atoms with E-state index in [2.05, 4.69) is 10.2 Å². The van der Waals surface area contributed by atoms with Crippen LogP contribution < -0.4 is 5.32 Å². The minimum Gasteiger partial charge on any atom is -0.314 e. The molecule has 1 atom stereocenters. The molecule has 0 aromatic heterocycles. The van der Waals surface area contributed by atoms with Crippen LogP contribution in [0.3, 0.4) is 0 Å². The van der Waals surface area contributed by atoms with E-state index in [1.165, 1.54) is 12.1 Å². The number of piperazine rings is 1. The van der Waals surface area contributed by atoms with Gasteiger partial charge in [-0.1, -0.05) is 24.6 Å². The molecule has 0 aliphatic carbocycles. The number of alkyl halides is 3. The van der Waals surface area contributed by atoms with Gasteiger partial charge in [0.2, 0.25) is 0 Å². The lowest BCUT2D eigenvalue weighted by Crippen LogP contribution is -2.45. The Labute approximate surface area is 146 Å². The van der Waals surface area contributed by atoms with Crippen molar-refractivity contribution in [2.24, 2.45) is 0 Å². The molecule has 1 heterocycles. The minimum atomic E-state index is -4.41. The highest BCUT2D eigenvalue weighted by Gasteiger charge is 2.34. The summed E-state index contributed by atoms with van der Waals surface area (Å²) in [5, 5.41) is 3.01. The summed E-state index contributed by atoms with van der Waals surface area (Å²) in [5.41, 5.74) is -0.0589. The number of hydrogen-bond donors (Lipinski definition) is 1. The summed E-state index contributed by atoms with van der Waals surface area (Å²) in [6, 6.07) is 4.26. The van der Waals surface area contributed by atoms with Crippen LogP contribution >= 0.6 is 36.4 Å². The van der Waals surface area contributed by atoms with Gasteiger partial charge in [0.25, 0.3) is 0 Å². The van der Waals surface area contributed by atoms with Crippen LogP contribution in [0.5, 0.6) is 0 Å². The summed E-state index contributed by atoms with van der Waals surface area (Å²) in [6.45, 7) is 5.44. The van der Waals surface area contributed by atoms with Crippen LogP contribution in [0, 0.1) is 0 Å². The molecule has 1 aliphatic rings. The number of nitrogens with zero attached hydrogens (tertiary/aromatic N) is 1. The lowest BCUT2D eigenvalue weighted by atomic mass is 9.99. The SMILES string of the molecule is CC[C@@H](c1ccc(Cl)c(C(F)(F)F)c1)N1CCNCC1.Cl.Cl. The third-order valence-corrected chi connectivity index (χ3v) is 3.99. The molecule has 0 amide bonds. The Bertz CT molecular complexity index is 463. The average molecular weight is 380 g/mol. The molecule has 1 aliphatic heterocycles. The van der Waals surface area contributed by atoms with Gasteiger partial charge in [-0.05, 0) is 24.1 Å². The van der Waals surface area contributed by atoms with Crippen molar-refractivity contribution in [1.82, 2.24) is 10.2 Å². The van der Waals surface area contributed by atoms with Crippen LogP contribution in [0.25, 0.3) is 0 Å². The van der Waals surface area contributed by atoms with E-state index in [0.717, 1.165) is 32.6 Å². The van der Waals surface area contributed by atoms with Crippen molar-refractivity contribution >= 4 is 36.4 Å². The van der Waals surface area contributed by atoms with E-state index in [0.29, 0.717) is 5.56 Å². The van der Waals surface area contributed by atoms with Crippen molar-refractivity contribution < 1.29 is 13.2 Å². The van der Waals surface area contributed by atoms with Gasteiger partial charge < -0.3 is 5.32 Å². The Morgan fingerprint density at radius 3 is 2.32 bits per heavy atom. The molecule has 2 rings (SSSR count). The van der Waals surface area contributed by atoms with Gasteiger partial charge in [0.1, 0.15) is 0 Å². The normalized spacial score (nSPS) is 17.3. The first-order valence-corrected chi connectivity index (χ1v) is 7.12. The Hall–Kier alpha value is -0.200. The van der Waals surface area contributed by atoms with Gasteiger partial charge in [-0.15, -0.1) is 24.8 Å². The zero-order valence-electron chi connectivity index (χ0n) is 12.1. The second-order valence-electron chi connectivity index (χ2n) is 4.95. The lowest BCUT2D eigenvalue weighted by Gasteiger charge is -2.35. The molecule has 1 N–H and O–H groups in total. The van der Waals surface area contributed by atoms with Gasteiger partial charge in [0, 0.05) is 32.2 Å². The fourth-order valence-corrected chi connectivity index (χ4v) is 2.89. The quantitative estimate of drug-likeness (QED) is 0.828. The van der Waals surface area contributed by atoms with Crippen LogP contribution in [0.2, 0.25) is 5.02 Å². The van der Waals surface area contributed by atoms with E-state index in [1.54, 1.807) is 6.07 Å². The Morgan fingerprint density at radius 2 is 1.82 bits per heavy atom. The van der Waals surface area contributed by atoms with Crippen LogP contribution in [-0.4, -0.2) is 31.1 Å². The first kappa shape index (κ1) is 21.8. The minimum absolute atomic E-state index is 0. The summed E-state index contributed by atoms with van der Waals surface area (Å²) in [5.74, 6) is 0. The van der Waals surface area contributed by atoms with Crippen molar-refractivity contribution in [3.63, 3.8) is 0 Å². The Kier molecular flexibility index (Phi) is 9.10. The third kappa shape index (κ3) is 5.17. The van der Waals surface area contributed by atoms with E-state index >= 15 is 0 Å². The van der Waals surface area contributed by atoms with Gasteiger partial charge >= 0.3 is 6.18 Å². The van der Waals surface area contributed by atoms with Crippen LogP contribution in [0.1, 0.15) is 30.5 Å². The van der Waals surface area contributed by atoms with Gasteiger partial charge in [-0.3, -0.25) is 4.90 Å². The van der Waals surface area contributed by atoms with Gasteiger partial charge in [-0.2, -0.15) is 13.2 Å². The third-order valence-electron chi connectivity index (χ3n) is 3.66. The number of benzene rings is 1. The fourth-order valence-electron chi connectivity index (χ4n) is 2.67. The van der Waals surface area contributed by atoms with Crippen molar-refractivity contribution in [1.29, 1.82) is 0 Å². The first-order valence-electron chi connectivity index (χ1n) is 6.75. The topological polar surface area (TPSA) is 15.3 Å². The molecule has 8 heteroatoms. The highest BCUT2D eigenvalue weighted by atomic mass is 35.5.